The van der Waals surface area contributed by atoms with Gasteiger partial charge >= 0.3 is 7.12 Å². The van der Waals surface area contributed by atoms with Gasteiger partial charge in [0.05, 0.1) is 7.11 Å². The average Bonchev–Trinajstić information content (AvgIpc) is 2.68. The first-order chi connectivity index (χ1) is 8.91. The van der Waals surface area contributed by atoms with Crippen molar-refractivity contribution in [3.63, 3.8) is 0 Å². The molecule has 0 bridgehead atoms. The minimum absolute atomic E-state index is 0.381. The molecule has 0 saturated carbocycles. The Bertz CT molecular complexity index is 448. The van der Waals surface area contributed by atoms with E-state index in [9.17, 15) is 10.0 Å². The SMILES string of the molecule is COc1ccc(CN2CCC(C)(C)C2)cc1B(O)O. The number of nitrogens with zero attached hydrogens (tertiary/aromatic N) is 1. The molecule has 1 aromatic rings. The molecular weight excluding hydrogens is 241 g/mol. The van der Waals surface area contributed by atoms with E-state index in [1.807, 2.05) is 12.1 Å². The summed E-state index contributed by atoms with van der Waals surface area (Å²) in [4.78, 5) is 2.40. The van der Waals surface area contributed by atoms with Crippen LogP contribution in [0.1, 0.15) is 25.8 Å². The maximum Gasteiger partial charge on any atom is 0.492 e. The minimum Gasteiger partial charge on any atom is -0.497 e. The number of likely N-dealkylation sites (tertiary alicyclic amines) is 1. The van der Waals surface area contributed by atoms with Gasteiger partial charge in [-0.2, -0.15) is 0 Å². The number of rotatable bonds is 4. The Morgan fingerprint density at radius 1 is 1.37 bits per heavy atom. The molecule has 5 heteroatoms. The maximum absolute atomic E-state index is 9.37. The van der Waals surface area contributed by atoms with E-state index in [0.717, 1.165) is 25.2 Å². The van der Waals surface area contributed by atoms with Crippen LogP contribution < -0.4 is 10.2 Å². The van der Waals surface area contributed by atoms with E-state index in [-0.39, 0.29) is 0 Å². The number of hydrogen-bond donors (Lipinski definition) is 2. The summed E-state index contributed by atoms with van der Waals surface area (Å²) in [7, 11) is 0.0362. The van der Waals surface area contributed by atoms with E-state index >= 15 is 0 Å². The minimum atomic E-state index is -1.50. The van der Waals surface area contributed by atoms with Gasteiger partial charge in [-0.1, -0.05) is 26.0 Å². The Morgan fingerprint density at radius 2 is 2.11 bits per heavy atom. The summed E-state index contributed by atoms with van der Waals surface area (Å²) in [5.41, 5.74) is 1.89. The molecule has 0 atom stereocenters. The highest BCUT2D eigenvalue weighted by atomic mass is 16.5. The van der Waals surface area contributed by atoms with Gasteiger partial charge in [0.25, 0.3) is 0 Å². The third-order valence-corrected chi connectivity index (χ3v) is 3.73. The lowest BCUT2D eigenvalue weighted by atomic mass is 9.78. The van der Waals surface area contributed by atoms with E-state index in [1.54, 1.807) is 6.07 Å². The lowest BCUT2D eigenvalue weighted by molar-refractivity contribution is 0.284. The summed E-state index contributed by atoms with van der Waals surface area (Å²) in [6, 6.07) is 5.59. The second-order valence-corrected chi connectivity index (χ2v) is 6.07. The van der Waals surface area contributed by atoms with Gasteiger partial charge in [0.1, 0.15) is 5.75 Å². The van der Waals surface area contributed by atoms with Crippen molar-refractivity contribution in [2.75, 3.05) is 20.2 Å². The number of methoxy groups -OCH3 is 1. The second-order valence-electron chi connectivity index (χ2n) is 6.07. The molecule has 0 spiro atoms. The first-order valence-electron chi connectivity index (χ1n) is 6.66. The zero-order valence-corrected chi connectivity index (χ0v) is 11.9. The summed E-state index contributed by atoms with van der Waals surface area (Å²) in [6.45, 7) is 7.58. The molecule has 4 nitrogen and oxygen atoms in total. The number of hydrogen-bond acceptors (Lipinski definition) is 4. The van der Waals surface area contributed by atoms with Crippen molar-refractivity contribution < 1.29 is 14.8 Å². The standard InChI is InChI=1S/C14H22BNO3/c1-14(2)6-7-16(10-14)9-11-4-5-13(19-3)12(8-11)15(17)18/h4-5,8,17-18H,6-7,9-10H2,1-3H3. The zero-order chi connectivity index (χ0) is 14.0. The third-order valence-electron chi connectivity index (χ3n) is 3.73. The molecule has 0 amide bonds. The molecule has 1 aliphatic heterocycles. The molecular formula is C14H22BNO3. The quantitative estimate of drug-likeness (QED) is 0.781. The van der Waals surface area contributed by atoms with Crippen molar-refractivity contribution in [3.05, 3.63) is 23.8 Å². The first kappa shape index (κ1) is 14.4. The summed E-state index contributed by atoms with van der Waals surface area (Å²) in [5, 5.41) is 18.7. The molecule has 2 N–H and O–H groups in total. The average molecular weight is 263 g/mol. The fraction of sp³-hybridized carbons (Fsp3) is 0.571. The van der Waals surface area contributed by atoms with Crippen LogP contribution >= 0.6 is 0 Å². The summed E-state index contributed by atoms with van der Waals surface area (Å²) in [6.07, 6.45) is 1.21. The van der Waals surface area contributed by atoms with Crippen LogP contribution in [0.4, 0.5) is 0 Å². The van der Waals surface area contributed by atoms with Crippen LogP contribution in [-0.4, -0.2) is 42.3 Å². The van der Waals surface area contributed by atoms with Crippen molar-refractivity contribution in [3.8, 4) is 5.75 Å². The predicted molar refractivity (Wildman–Crippen MR) is 76.5 cm³/mol. The zero-order valence-electron chi connectivity index (χ0n) is 11.9. The molecule has 0 aromatic heterocycles. The molecule has 1 heterocycles. The van der Waals surface area contributed by atoms with Gasteiger partial charge < -0.3 is 14.8 Å². The molecule has 104 valence electrons. The van der Waals surface area contributed by atoms with Crippen LogP contribution in [0.15, 0.2) is 18.2 Å². The van der Waals surface area contributed by atoms with Gasteiger partial charge in [-0.15, -0.1) is 0 Å². The predicted octanol–water partition coefficient (Wildman–Crippen LogP) is 0.607. The lowest BCUT2D eigenvalue weighted by Gasteiger charge is -2.20. The van der Waals surface area contributed by atoms with Crippen LogP contribution in [0.3, 0.4) is 0 Å². The highest BCUT2D eigenvalue weighted by molar-refractivity contribution is 6.59. The van der Waals surface area contributed by atoms with E-state index in [0.29, 0.717) is 16.6 Å². The van der Waals surface area contributed by atoms with Crippen LogP contribution in [-0.2, 0) is 6.54 Å². The van der Waals surface area contributed by atoms with Crippen molar-refractivity contribution in [1.29, 1.82) is 0 Å². The summed E-state index contributed by atoms with van der Waals surface area (Å²) >= 11 is 0. The molecule has 1 aromatic carbocycles. The largest absolute Gasteiger partial charge is 0.497 e. The monoisotopic (exact) mass is 263 g/mol. The van der Waals surface area contributed by atoms with Crippen LogP contribution in [0.5, 0.6) is 5.75 Å². The van der Waals surface area contributed by atoms with Crippen molar-refractivity contribution in [2.45, 2.75) is 26.8 Å². The number of ether oxygens (including phenoxy) is 1. The highest BCUT2D eigenvalue weighted by Crippen LogP contribution is 2.29. The Labute approximate surface area is 115 Å². The fourth-order valence-electron chi connectivity index (χ4n) is 2.70. The van der Waals surface area contributed by atoms with Gasteiger partial charge in [0.15, 0.2) is 0 Å². The van der Waals surface area contributed by atoms with Gasteiger partial charge in [0, 0.05) is 18.6 Å². The smallest absolute Gasteiger partial charge is 0.492 e. The van der Waals surface area contributed by atoms with E-state index < -0.39 is 7.12 Å². The highest BCUT2D eigenvalue weighted by Gasteiger charge is 2.29. The topological polar surface area (TPSA) is 52.9 Å². The van der Waals surface area contributed by atoms with E-state index in [1.165, 1.54) is 13.5 Å². The first-order valence-corrected chi connectivity index (χ1v) is 6.66. The van der Waals surface area contributed by atoms with E-state index in [2.05, 4.69) is 18.7 Å². The van der Waals surface area contributed by atoms with E-state index in [4.69, 9.17) is 4.74 Å². The molecule has 1 saturated heterocycles. The molecule has 1 fully saturated rings. The normalized spacial score (nSPS) is 18.6. The molecule has 0 radical (unpaired) electrons. The maximum atomic E-state index is 9.37. The van der Waals surface area contributed by atoms with Gasteiger partial charge in [-0.25, -0.2) is 0 Å². The summed E-state index contributed by atoms with van der Waals surface area (Å²) < 4.78 is 5.13. The molecule has 0 unspecified atom stereocenters. The Hall–Kier alpha value is -1.04. The van der Waals surface area contributed by atoms with Crippen LogP contribution in [0.25, 0.3) is 0 Å². The molecule has 19 heavy (non-hydrogen) atoms. The Kier molecular flexibility index (Phi) is 4.18. The molecule has 2 rings (SSSR count). The molecule has 1 aliphatic rings. The Morgan fingerprint density at radius 3 is 2.63 bits per heavy atom. The molecule has 0 aliphatic carbocycles. The van der Waals surface area contributed by atoms with Crippen molar-refractivity contribution in [2.24, 2.45) is 5.41 Å². The third kappa shape index (κ3) is 3.50. The van der Waals surface area contributed by atoms with Gasteiger partial charge in [-0.05, 0) is 30.0 Å². The lowest BCUT2D eigenvalue weighted by Crippen LogP contribution is -2.32. The number of benzene rings is 1. The fourth-order valence-corrected chi connectivity index (χ4v) is 2.70. The second kappa shape index (κ2) is 5.53. The van der Waals surface area contributed by atoms with Gasteiger partial charge in [0.2, 0.25) is 0 Å². The van der Waals surface area contributed by atoms with Crippen LogP contribution in [0, 0.1) is 5.41 Å². The van der Waals surface area contributed by atoms with Crippen LogP contribution in [0.2, 0.25) is 0 Å². The van der Waals surface area contributed by atoms with Crippen molar-refractivity contribution in [1.82, 2.24) is 4.90 Å². The summed E-state index contributed by atoms with van der Waals surface area (Å²) in [5.74, 6) is 0.514. The Balaban J connectivity index is 2.11. The van der Waals surface area contributed by atoms with Crippen molar-refractivity contribution >= 4 is 12.6 Å². The van der Waals surface area contributed by atoms with Gasteiger partial charge in [-0.3, -0.25) is 4.90 Å².